The molecule has 0 radical (unpaired) electrons. The number of aliphatic hydroxyl groups excluding tert-OH is 2. The first-order valence-electron chi connectivity index (χ1n) is 5.33. The molecule has 7 heteroatoms. The van der Waals surface area contributed by atoms with Crippen molar-refractivity contribution in [1.29, 1.82) is 0 Å². The van der Waals surface area contributed by atoms with Gasteiger partial charge in [0.2, 0.25) is 0 Å². The zero-order valence-electron chi connectivity index (χ0n) is 9.48. The first-order valence-corrected chi connectivity index (χ1v) is 5.33. The molecule has 0 bridgehead atoms. The van der Waals surface area contributed by atoms with Crippen molar-refractivity contribution in [1.82, 2.24) is 19.5 Å². The fourth-order valence-electron chi connectivity index (χ4n) is 1.65. The minimum Gasteiger partial charge on any atom is -0.396 e. The van der Waals surface area contributed by atoms with Gasteiger partial charge in [-0.2, -0.15) is 0 Å². The van der Waals surface area contributed by atoms with Gasteiger partial charge in [0, 0.05) is 12.5 Å². The Morgan fingerprint density at radius 1 is 1.41 bits per heavy atom. The predicted octanol–water partition coefficient (Wildman–Crippen LogP) is -0.602. The van der Waals surface area contributed by atoms with Crippen LogP contribution in [0, 0.1) is 5.92 Å². The van der Waals surface area contributed by atoms with E-state index in [0.29, 0.717) is 23.5 Å². The van der Waals surface area contributed by atoms with Gasteiger partial charge in [0.15, 0.2) is 11.5 Å². The van der Waals surface area contributed by atoms with Crippen molar-refractivity contribution in [3.63, 3.8) is 0 Å². The van der Waals surface area contributed by atoms with Gasteiger partial charge in [-0.1, -0.05) is 0 Å². The number of hydrogen-bond donors (Lipinski definition) is 3. The molecule has 0 fully saturated rings. The summed E-state index contributed by atoms with van der Waals surface area (Å²) in [6.45, 7) is 1.97. The van der Waals surface area contributed by atoms with E-state index < -0.39 is 6.10 Å². The first kappa shape index (κ1) is 11.7. The fraction of sp³-hybridized carbons (Fsp3) is 0.500. The maximum Gasteiger partial charge on any atom is 0.165 e. The standard InChI is InChI=1S/C10H15N5O2/c1-6(17)7(3-16)2-15-5-14-8-9(11)12-4-13-10(8)15/h4-7,16-17H,2-3H2,1H3,(H2,11,12,13)/t6-,7-/m1/s1. The molecule has 0 spiro atoms. The molecule has 92 valence electrons. The van der Waals surface area contributed by atoms with Crippen LogP contribution in [-0.4, -0.2) is 42.4 Å². The molecule has 17 heavy (non-hydrogen) atoms. The second-order valence-corrected chi connectivity index (χ2v) is 4.01. The van der Waals surface area contributed by atoms with Gasteiger partial charge in [-0.05, 0) is 6.92 Å². The van der Waals surface area contributed by atoms with Gasteiger partial charge in [-0.15, -0.1) is 0 Å². The third-order valence-electron chi connectivity index (χ3n) is 2.78. The van der Waals surface area contributed by atoms with Crippen molar-refractivity contribution < 1.29 is 10.2 Å². The van der Waals surface area contributed by atoms with Gasteiger partial charge in [0.1, 0.15) is 11.8 Å². The van der Waals surface area contributed by atoms with Crippen LogP contribution in [0.1, 0.15) is 6.92 Å². The summed E-state index contributed by atoms with van der Waals surface area (Å²) in [5, 5.41) is 18.7. The number of imidazole rings is 1. The van der Waals surface area contributed by atoms with E-state index in [2.05, 4.69) is 15.0 Å². The molecular formula is C10H15N5O2. The molecule has 0 amide bonds. The number of aromatic nitrogens is 4. The molecule has 2 atom stereocenters. The van der Waals surface area contributed by atoms with Gasteiger partial charge in [-0.25, -0.2) is 15.0 Å². The topological polar surface area (TPSA) is 110 Å². The predicted molar refractivity (Wildman–Crippen MR) is 62.0 cm³/mol. The zero-order valence-corrected chi connectivity index (χ0v) is 9.48. The summed E-state index contributed by atoms with van der Waals surface area (Å²) >= 11 is 0. The molecular weight excluding hydrogens is 222 g/mol. The van der Waals surface area contributed by atoms with Gasteiger partial charge >= 0.3 is 0 Å². The molecule has 0 aliphatic rings. The van der Waals surface area contributed by atoms with Crippen LogP contribution in [-0.2, 0) is 6.54 Å². The monoisotopic (exact) mass is 237 g/mol. The summed E-state index contributed by atoms with van der Waals surface area (Å²) in [7, 11) is 0. The molecule has 7 nitrogen and oxygen atoms in total. The lowest BCUT2D eigenvalue weighted by atomic mass is 10.1. The Balaban J connectivity index is 2.33. The summed E-state index contributed by atoms with van der Waals surface area (Å²) in [6, 6.07) is 0. The lowest BCUT2D eigenvalue weighted by molar-refractivity contribution is 0.0711. The fourth-order valence-corrected chi connectivity index (χ4v) is 1.65. The van der Waals surface area contributed by atoms with Gasteiger partial charge in [-0.3, -0.25) is 0 Å². The number of hydrogen-bond acceptors (Lipinski definition) is 6. The summed E-state index contributed by atoms with van der Waals surface area (Å²) in [5.74, 6) is 0.0648. The molecule has 0 aliphatic carbocycles. The van der Waals surface area contributed by atoms with Crippen LogP contribution in [0.15, 0.2) is 12.7 Å². The van der Waals surface area contributed by atoms with Crippen molar-refractivity contribution in [2.45, 2.75) is 19.6 Å². The Labute approximate surface area is 97.9 Å². The number of rotatable bonds is 4. The molecule has 0 unspecified atom stereocenters. The number of nitrogens with zero attached hydrogens (tertiary/aromatic N) is 4. The van der Waals surface area contributed by atoms with Gasteiger partial charge in [0.25, 0.3) is 0 Å². The number of nitrogen functional groups attached to an aromatic ring is 1. The van der Waals surface area contributed by atoms with Gasteiger partial charge in [0.05, 0.1) is 19.0 Å². The van der Waals surface area contributed by atoms with E-state index >= 15 is 0 Å². The van der Waals surface area contributed by atoms with E-state index in [1.54, 1.807) is 17.8 Å². The van der Waals surface area contributed by atoms with Crippen LogP contribution in [0.25, 0.3) is 11.2 Å². The maximum atomic E-state index is 9.49. The highest BCUT2D eigenvalue weighted by Gasteiger charge is 2.17. The smallest absolute Gasteiger partial charge is 0.165 e. The molecule has 4 N–H and O–H groups in total. The molecule has 2 heterocycles. The van der Waals surface area contributed by atoms with Crippen molar-refractivity contribution in [2.24, 2.45) is 5.92 Å². The van der Waals surface area contributed by atoms with Crippen LogP contribution < -0.4 is 5.73 Å². The molecule has 2 aromatic rings. The van der Waals surface area contributed by atoms with Crippen LogP contribution >= 0.6 is 0 Å². The number of aliphatic hydroxyl groups is 2. The lowest BCUT2D eigenvalue weighted by Crippen LogP contribution is -2.25. The Morgan fingerprint density at radius 2 is 2.18 bits per heavy atom. The molecule has 0 aromatic carbocycles. The number of nitrogens with two attached hydrogens (primary N) is 1. The van der Waals surface area contributed by atoms with E-state index in [4.69, 9.17) is 5.73 Å². The highest BCUT2D eigenvalue weighted by molar-refractivity contribution is 5.81. The van der Waals surface area contributed by atoms with Crippen LogP contribution in [0.3, 0.4) is 0 Å². The molecule has 0 saturated carbocycles. The average molecular weight is 237 g/mol. The minimum absolute atomic E-state index is 0.0993. The highest BCUT2D eigenvalue weighted by atomic mass is 16.3. The molecule has 0 saturated heterocycles. The second-order valence-electron chi connectivity index (χ2n) is 4.01. The second kappa shape index (κ2) is 4.64. The summed E-state index contributed by atoms with van der Waals surface area (Å²) in [6.07, 6.45) is 2.35. The molecule has 2 rings (SSSR count). The van der Waals surface area contributed by atoms with Crippen molar-refractivity contribution >= 4 is 17.0 Å². The largest absolute Gasteiger partial charge is 0.396 e. The Kier molecular flexibility index (Phi) is 3.21. The average Bonchev–Trinajstić information content (AvgIpc) is 2.70. The molecule has 2 aromatic heterocycles. The third-order valence-corrected chi connectivity index (χ3v) is 2.78. The zero-order chi connectivity index (χ0) is 12.4. The number of fused-ring (bicyclic) bond motifs is 1. The van der Waals surface area contributed by atoms with Crippen molar-refractivity contribution in [2.75, 3.05) is 12.3 Å². The maximum absolute atomic E-state index is 9.49. The Morgan fingerprint density at radius 3 is 2.82 bits per heavy atom. The van der Waals surface area contributed by atoms with E-state index in [1.165, 1.54) is 6.33 Å². The van der Waals surface area contributed by atoms with E-state index in [-0.39, 0.29) is 12.5 Å². The Hall–Kier alpha value is -1.73. The SMILES string of the molecule is C[C@@H](O)[C@@H](CO)Cn1cnc2c(N)ncnc21. The molecule has 0 aliphatic heterocycles. The quantitative estimate of drug-likeness (QED) is 0.654. The Bertz CT molecular complexity index is 510. The van der Waals surface area contributed by atoms with E-state index in [0.717, 1.165) is 0 Å². The van der Waals surface area contributed by atoms with E-state index in [1.807, 2.05) is 0 Å². The van der Waals surface area contributed by atoms with Gasteiger partial charge < -0.3 is 20.5 Å². The summed E-state index contributed by atoms with van der Waals surface area (Å²) in [4.78, 5) is 12.1. The van der Waals surface area contributed by atoms with Crippen LogP contribution in [0.5, 0.6) is 0 Å². The van der Waals surface area contributed by atoms with Crippen LogP contribution in [0.2, 0.25) is 0 Å². The van der Waals surface area contributed by atoms with E-state index in [9.17, 15) is 10.2 Å². The summed E-state index contributed by atoms with van der Waals surface area (Å²) < 4.78 is 1.75. The lowest BCUT2D eigenvalue weighted by Gasteiger charge is -2.17. The van der Waals surface area contributed by atoms with Crippen molar-refractivity contribution in [3.8, 4) is 0 Å². The first-order chi connectivity index (χ1) is 8.13. The summed E-state index contributed by atoms with van der Waals surface area (Å²) in [5.41, 5.74) is 6.81. The normalized spacial score (nSPS) is 15.0. The van der Waals surface area contributed by atoms with Crippen LogP contribution in [0.4, 0.5) is 5.82 Å². The van der Waals surface area contributed by atoms with Crippen molar-refractivity contribution in [3.05, 3.63) is 12.7 Å². The minimum atomic E-state index is -0.600. The third kappa shape index (κ3) is 2.20. The highest BCUT2D eigenvalue weighted by Crippen LogP contribution is 2.16. The number of anilines is 1.